The zero-order valence-electron chi connectivity index (χ0n) is 12.4. The number of nitrogens with zero attached hydrogens (tertiary/aromatic N) is 1. The fourth-order valence-corrected chi connectivity index (χ4v) is 2.63. The average molecular weight is 287 g/mol. The van der Waals surface area contributed by atoms with Crippen LogP contribution in [-0.4, -0.2) is 35.8 Å². The minimum atomic E-state index is -0.267. The second kappa shape index (κ2) is 7.07. The molecule has 1 aromatic rings. The molecule has 112 valence electrons. The molecular formula is C17H21NO3. The largest absolute Gasteiger partial charge is 0.458 e. The normalized spacial score (nSPS) is 25.8. The number of hydrogen-bond donors (Lipinski definition) is 0. The SMILES string of the molecule is CC1CN(C=CC=O)C(C)CC1OC(=O)c1ccccc1. The van der Waals surface area contributed by atoms with Gasteiger partial charge in [0.15, 0.2) is 0 Å². The topological polar surface area (TPSA) is 46.6 Å². The van der Waals surface area contributed by atoms with Gasteiger partial charge in [0.05, 0.1) is 5.56 Å². The Kier molecular flexibility index (Phi) is 5.14. The van der Waals surface area contributed by atoms with Crippen molar-refractivity contribution in [3.05, 3.63) is 48.2 Å². The van der Waals surface area contributed by atoms with Gasteiger partial charge in [-0.15, -0.1) is 0 Å². The molecule has 0 aliphatic carbocycles. The molecule has 1 fully saturated rings. The average Bonchev–Trinajstić information content (AvgIpc) is 2.50. The lowest BCUT2D eigenvalue weighted by molar-refractivity contribution is -0.104. The lowest BCUT2D eigenvalue weighted by Crippen LogP contribution is -2.46. The Balaban J connectivity index is 1.98. The van der Waals surface area contributed by atoms with Crippen LogP contribution < -0.4 is 0 Å². The third-order valence-electron chi connectivity index (χ3n) is 3.90. The van der Waals surface area contributed by atoms with Crippen LogP contribution in [0, 0.1) is 5.92 Å². The fraction of sp³-hybridized carbons (Fsp3) is 0.412. The molecule has 21 heavy (non-hydrogen) atoms. The molecule has 0 bridgehead atoms. The predicted molar refractivity (Wildman–Crippen MR) is 80.8 cm³/mol. The summed E-state index contributed by atoms with van der Waals surface area (Å²) in [7, 11) is 0. The van der Waals surface area contributed by atoms with Crippen LogP contribution >= 0.6 is 0 Å². The van der Waals surface area contributed by atoms with Gasteiger partial charge in [-0.2, -0.15) is 0 Å². The zero-order chi connectivity index (χ0) is 15.2. The second-order valence-corrected chi connectivity index (χ2v) is 5.55. The molecule has 1 aliphatic rings. The Hall–Kier alpha value is -2.10. The van der Waals surface area contributed by atoms with Crippen molar-refractivity contribution < 1.29 is 14.3 Å². The van der Waals surface area contributed by atoms with Crippen molar-refractivity contribution in [2.45, 2.75) is 32.4 Å². The first-order valence-corrected chi connectivity index (χ1v) is 7.25. The summed E-state index contributed by atoms with van der Waals surface area (Å²) in [5.41, 5.74) is 0.584. The van der Waals surface area contributed by atoms with E-state index in [0.29, 0.717) is 5.56 Å². The maximum atomic E-state index is 12.1. The smallest absolute Gasteiger partial charge is 0.338 e. The summed E-state index contributed by atoms with van der Waals surface area (Å²) < 4.78 is 5.65. The summed E-state index contributed by atoms with van der Waals surface area (Å²) in [6, 6.07) is 9.30. The first-order chi connectivity index (χ1) is 10.1. The summed E-state index contributed by atoms with van der Waals surface area (Å²) in [6.07, 6.45) is 4.76. The van der Waals surface area contributed by atoms with Crippen molar-refractivity contribution in [1.29, 1.82) is 0 Å². The number of likely N-dealkylation sites (tertiary alicyclic amines) is 1. The summed E-state index contributed by atoms with van der Waals surface area (Å²) >= 11 is 0. The van der Waals surface area contributed by atoms with E-state index in [9.17, 15) is 9.59 Å². The number of ether oxygens (including phenoxy) is 1. The van der Waals surface area contributed by atoms with Crippen LogP contribution in [0.1, 0.15) is 30.6 Å². The standard InChI is InChI=1S/C17H21NO3/c1-13-12-18(9-6-10-19)14(2)11-16(13)21-17(20)15-7-4-3-5-8-15/h3-10,13-14,16H,11-12H2,1-2H3. The van der Waals surface area contributed by atoms with E-state index >= 15 is 0 Å². The van der Waals surface area contributed by atoms with Crippen molar-refractivity contribution in [2.75, 3.05) is 6.54 Å². The van der Waals surface area contributed by atoms with Gasteiger partial charge in [0, 0.05) is 31.1 Å². The number of benzene rings is 1. The number of aldehydes is 1. The maximum absolute atomic E-state index is 12.1. The van der Waals surface area contributed by atoms with Crippen molar-refractivity contribution >= 4 is 12.3 Å². The van der Waals surface area contributed by atoms with E-state index in [0.717, 1.165) is 19.3 Å². The summed E-state index contributed by atoms with van der Waals surface area (Å²) in [4.78, 5) is 24.7. The van der Waals surface area contributed by atoms with Crippen molar-refractivity contribution in [1.82, 2.24) is 4.90 Å². The molecule has 0 spiro atoms. The Morgan fingerprint density at radius 2 is 2.00 bits per heavy atom. The Morgan fingerprint density at radius 3 is 2.67 bits per heavy atom. The highest BCUT2D eigenvalue weighted by Gasteiger charge is 2.32. The van der Waals surface area contributed by atoms with Crippen LogP contribution in [0.15, 0.2) is 42.6 Å². The number of carbonyl (C=O) groups is 2. The van der Waals surface area contributed by atoms with E-state index < -0.39 is 0 Å². The quantitative estimate of drug-likeness (QED) is 0.485. The van der Waals surface area contributed by atoms with E-state index in [-0.39, 0.29) is 24.0 Å². The first-order valence-electron chi connectivity index (χ1n) is 7.25. The summed E-state index contributed by atoms with van der Waals surface area (Å²) in [6.45, 7) is 4.92. The van der Waals surface area contributed by atoms with E-state index in [2.05, 4.69) is 18.7 Å². The molecule has 3 unspecified atom stereocenters. The van der Waals surface area contributed by atoms with Crippen LogP contribution in [0.3, 0.4) is 0 Å². The lowest BCUT2D eigenvalue weighted by Gasteiger charge is -2.40. The molecule has 3 atom stereocenters. The van der Waals surface area contributed by atoms with Gasteiger partial charge in [-0.05, 0) is 25.1 Å². The molecule has 0 saturated carbocycles. The monoisotopic (exact) mass is 287 g/mol. The third-order valence-corrected chi connectivity index (χ3v) is 3.90. The van der Waals surface area contributed by atoms with E-state index in [1.54, 1.807) is 12.1 Å². The highest BCUT2D eigenvalue weighted by Crippen LogP contribution is 2.25. The molecule has 0 radical (unpaired) electrons. The van der Waals surface area contributed by atoms with Crippen LogP contribution in [0.4, 0.5) is 0 Å². The number of rotatable bonds is 4. The fourth-order valence-electron chi connectivity index (χ4n) is 2.63. The van der Waals surface area contributed by atoms with Crippen molar-refractivity contribution in [2.24, 2.45) is 5.92 Å². The summed E-state index contributed by atoms with van der Waals surface area (Å²) in [5.74, 6) is -0.0401. The first kappa shape index (κ1) is 15.3. The third kappa shape index (κ3) is 3.94. The van der Waals surface area contributed by atoms with Crippen LogP contribution in [0.25, 0.3) is 0 Å². The number of esters is 1. The van der Waals surface area contributed by atoms with Gasteiger partial charge in [-0.1, -0.05) is 25.1 Å². The summed E-state index contributed by atoms with van der Waals surface area (Å²) in [5, 5.41) is 0. The highest BCUT2D eigenvalue weighted by atomic mass is 16.5. The molecule has 1 heterocycles. The molecule has 0 aromatic heterocycles. The zero-order valence-corrected chi connectivity index (χ0v) is 12.4. The lowest BCUT2D eigenvalue weighted by atomic mass is 9.92. The predicted octanol–water partition coefficient (Wildman–Crippen LogP) is 2.65. The molecule has 1 aromatic carbocycles. The molecule has 1 aliphatic heterocycles. The van der Waals surface area contributed by atoms with E-state index in [4.69, 9.17) is 4.74 Å². The van der Waals surface area contributed by atoms with Gasteiger partial charge < -0.3 is 9.64 Å². The van der Waals surface area contributed by atoms with Crippen LogP contribution in [0.5, 0.6) is 0 Å². The van der Waals surface area contributed by atoms with Gasteiger partial charge in [0.25, 0.3) is 0 Å². The molecule has 1 saturated heterocycles. The number of carbonyl (C=O) groups excluding carboxylic acids is 2. The van der Waals surface area contributed by atoms with Gasteiger partial charge in [0.1, 0.15) is 12.4 Å². The van der Waals surface area contributed by atoms with Crippen LogP contribution in [-0.2, 0) is 9.53 Å². The number of piperidine rings is 1. The number of hydrogen-bond acceptors (Lipinski definition) is 4. The van der Waals surface area contributed by atoms with E-state index in [1.165, 1.54) is 6.08 Å². The Bertz CT molecular complexity index is 512. The van der Waals surface area contributed by atoms with Gasteiger partial charge in [0.2, 0.25) is 0 Å². The van der Waals surface area contributed by atoms with Gasteiger partial charge in [-0.25, -0.2) is 4.79 Å². The molecule has 4 nitrogen and oxygen atoms in total. The molecule has 0 N–H and O–H groups in total. The minimum absolute atomic E-state index is 0.0893. The highest BCUT2D eigenvalue weighted by molar-refractivity contribution is 5.89. The Labute approximate surface area is 125 Å². The molecule has 2 rings (SSSR count). The van der Waals surface area contributed by atoms with Crippen molar-refractivity contribution in [3.8, 4) is 0 Å². The maximum Gasteiger partial charge on any atom is 0.338 e. The van der Waals surface area contributed by atoms with E-state index in [1.807, 2.05) is 24.4 Å². The second-order valence-electron chi connectivity index (χ2n) is 5.55. The van der Waals surface area contributed by atoms with Crippen molar-refractivity contribution in [3.63, 3.8) is 0 Å². The minimum Gasteiger partial charge on any atom is -0.458 e. The number of allylic oxidation sites excluding steroid dienone is 1. The van der Waals surface area contributed by atoms with Crippen LogP contribution in [0.2, 0.25) is 0 Å². The van der Waals surface area contributed by atoms with Gasteiger partial charge >= 0.3 is 5.97 Å². The Morgan fingerprint density at radius 1 is 1.29 bits per heavy atom. The molecule has 4 heteroatoms. The molecular weight excluding hydrogens is 266 g/mol. The van der Waals surface area contributed by atoms with Gasteiger partial charge in [-0.3, -0.25) is 4.79 Å². The molecule has 0 amide bonds.